The normalized spacial score (nSPS) is 12.3. The molecule has 0 aliphatic carbocycles. The SMILES string of the molecule is COc1ccc(C(=O)c2cccc(OC(CCN(C)CC(=O)O)c3cccc(C(F)(F)F)c3)c2)cc1. The zero-order valence-corrected chi connectivity index (χ0v) is 19.8. The Bertz CT molecular complexity index is 1190. The molecule has 0 saturated heterocycles. The van der Waals surface area contributed by atoms with Gasteiger partial charge in [0.25, 0.3) is 0 Å². The highest BCUT2D eigenvalue weighted by molar-refractivity contribution is 6.09. The first-order valence-corrected chi connectivity index (χ1v) is 11.1. The molecule has 6 nitrogen and oxygen atoms in total. The molecule has 3 aromatic carbocycles. The smallest absolute Gasteiger partial charge is 0.416 e. The van der Waals surface area contributed by atoms with Crippen molar-refractivity contribution in [2.24, 2.45) is 0 Å². The van der Waals surface area contributed by atoms with Gasteiger partial charge in [-0.2, -0.15) is 13.2 Å². The largest absolute Gasteiger partial charge is 0.497 e. The maximum Gasteiger partial charge on any atom is 0.416 e. The Hall–Kier alpha value is -3.85. The molecule has 36 heavy (non-hydrogen) atoms. The van der Waals surface area contributed by atoms with E-state index in [1.54, 1.807) is 49.5 Å². The van der Waals surface area contributed by atoms with Gasteiger partial charge in [0.2, 0.25) is 0 Å². The number of ketones is 1. The molecule has 0 fully saturated rings. The molecule has 1 N–H and O–H groups in total. The molecular formula is C27H26F3NO5. The number of carbonyl (C=O) groups excluding carboxylic acids is 1. The van der Waals surface area contributed by atoms with Crippen molar-refractivity contribution < 1.29 is 37.3 Å². The van der Waals surface area contributed by atoms with Crippen LogP contribution < -0.4 is 9.47 Å². The number of hydrogen-bond donors (Lipinski definition) is 1. The van der Waals surface area contributed by atoms with E-state index in [0.717, 1.165) is 12.1 Å². The maximum atomic E-state index is 13.3. The van der Waals surface area contributed by atoms with E-state index in [1.807, 2.05) is 0 Å². The van der Waals surface area contributed by atoms with Crippen LogP contribution in [0.5, 0.6) is 11.5 Å². The summed E-state index contributed by atoms with van der Waals surface area (Å²) in [6.45, 7) is 0.0405. The minimum absolute atomic E-state index is 0.221. The van der Waals surface area contributed by atoms with Gasteiger partial charge in [-0.05, 0) is 61.1 Å². The lowest BCUT2D eigenvalue weighted by atomic mass is 10.0. The van der Waals surface area contributed by atoms with Gasteiger partial charge in [-0.1, -0.05) is 24.3 Å². The quantitative estimate of drug-likeness (QED) is 0.351. The van der Waals surface area contributed by atoms with E-state index in [0.29, 0.717) is 28.2 Å². The Morgan fingerprint density at radius 1 is 0.944 bits per heavy atom. The van der Waals surface area contributed by atoms with Crippen molar-refractivity contribution in [3.05, 3.63) is 95.1 Å². The van der Waals surface area contributed by atoms with Crippen LogP contribution in [0.1, 0.15) is 39.6 Å². The third-order valence-electron chi connectivity index (χ3n) is 5.49. The highest BCUT2D eigenvalue weighted by Gasteiger charge is 2.31. The van der Waals surface area contributed by atoms with E-state index >= 15 is 0 Å². The number of ether oxygens (including phenoxy) is 2. The fraction of sp³-hybridized carbons (Fsp3) is 0.259. The molecule has 0 aliphatic heterocycles. The number of likely N-dealkylation sites (N-methyl/N-ethyl adjacent to an activating group) is 1. The number of carboxylic acids is 1. The summed E-state index contributed by atoms with van der Waals surface area (Å²) in [5.74, 6) is -0.350. The zero-order valence-electron chi connectivity index (χ0n) is 19.8. The lowest BCUT2D eigenvalue weighted by Crippen LogP contribution is -2.28. The van der Waals surface area contributed by atoms with Crippen molar-refractivity contribution in [3.63, 3.8) is 0 Å². The molecule has 0 aromatic heterocycles. The van der Waals surface area contributed by atoms with Gasteiger partial charge >= 0.3 is 12.1 Å². The Balaban J connectivity index is 1.86. The molecule has 9 heteroatoms. The molecule has 0 bridgehead atoms. The van der Waals surface area contributed by atoms with Gasteiger partial charge in [0.1, 0.15) is 17.6 Å². The van der Waals surface area contributed by atoms with Gasteiger partial charge < -0.3 is 14.6 Å². The second-order valence-corrected chi connectivity index (χ2v) is 8.24. The van der Waals surface area contributed by atoms with E-state index in [-0.39, 0.29) is 25.3 Å². The van der Waals surface area contributed by atoms with Crippen LogP contribution in [-0.4, -0.2) is 49.0 Å². The standard InChI is InChI=1S/C27H26F3NO5/c1-31(17-25(32)33)14-13-24(19-5-3-7-21(15-19)27(28,29)30)36-23-8-4-6-20(16-23)26(34)18-9-11-22(35-2)12-10-18/h3-12,15-16,24H,13-14,17H2,1-2H3,(H,32,33). The molecule has 190 valence electrons. The Morgan fingerprint density at radius 3 is 2.28 bits per heavy atom. The first-order valence-electron chi connectivity index (χ1n) is 11.1. The van der Waals surface area contributed by atoms with Crippen LogP contribution in [0.4, 0.5) is 13.2 Å². The highest BCUT2D eigenvalue weighted by atomic mass is 19.4. The van der Waals surface area contributed by atoms with E-state index in [9.17, 15) is 22.8 Å². The number of carboxylic acid groups (broad SMARTS) is 1. The number of methoxy groups -OCH3 is 1. The van der Waals surface area contributed by atoms with Crippen LogP contribution in [0.25, 0.3) is 0 Å². The number of rotatable bonds is 11. The summed E-state index contributed by atoms with van der Waals surface area (Å²) >= 11 is 0. The third-order valence-corrected chi connectivity index (χ3v) is 5.49. The number of halogens is 3. The molecule has 1 unspecified atom stereocenters. The predicted molar refractivity (Wildman–Crippen MR) is 127 cm³/mol. The van der Waals surface area contributed by atoms with E-state index in [2.05, 4.69) is 0 Å². The van der Waals surface area contributed by atoms with Crippen molar-refractivity contribution in [2.45, 2.75) is 18.7 Å². The van der Waals surface area contributed by atoms with Crippen LogP contribution in [-0.2, 0) is 11.0 Å². The second kappa shape index (κ2) is 11.7. The fourth-order valence-electron chi connectivity index (χ4n) is 3.64. The summed E-state index contributed by atoms with van der Waals surface area (Å²) in [7, 11) is 3.13. The molecule has 3 rings (SSSR count). The van der Waals surface area contributed by atoms with Gasteiger partial charge in [0.15, 0.2) is 5.78 Å². The maximum absolute atomic E-state index is 13.3. The monoisotopic (exact) mass is 501 g/mol. The van der Waals surface area contributed by atoms with Gasteiger partial charge in [-0.3, -0.25) is 14.5 Å². The summed E-state index contributed by atoms with van der Waals surface area (Å²) in [6.07, 6.45) is -5.11. The van der Waals surface area contributed by atoms with Crippen molar-refractivity contribution in [3.8, 4) is 11.5 Å². The topological polar surface area (TPSA) is 76.1 Å². The number of aliphatic carboxylic acids is 1. The molecule has 0 spiro atoms. The molecular weight excluding hydrogens is 475 g/mol. The molecule has 0 amide bonds. The van der Waals surface area contributed by atoms with Crippen LogP contribution in [0.2, 0.25) is 0 Å². The average Bonchev–Trinajstić information content (AvgIpc) is 2.85. The van der Waals surface area contributed by atoms with Gasteiger partial charge in [-0.25, -0.2) is 0 Å². The number of alkyl halides is 3. The van der Waals surface area contributed by atoms with Crippen LogP contribution in [0.3, 0.4) is 0 Å². The van der Waals surface area contributed by atoms with Crippen LogP contribution in [0.15, 0.2) is 72.8 Å². The van der Waals surface area contributed by atoms with Crippen molar-refractivity contribution >= 4 is 11.8 Å². The minimum atomic E-state index is -4.52. The molecule has 0 heterocycles. The highest BCUT2D eigenvalue weighted by Crippen LogP contribution is 2.33. The van der Waals surface area contributed by atoms with Crippen molar-refractivity contribution in [1.29, 1.82) is 0 Å². The Labute approximate surface area is 206 Å². The van der Waals surface area contributed by atoms with Crippen molar-refractivity contribution in [2.75, 3.05) is 27.2 Å². The van der Waals surface area contributed by atoms with Gasteiger partial charge in [0, 0.05) is 24.1 Å². The minimum Gasteiger partial charge on any atom is -0.497 e. The lowest BCUT2D eigenvalue weighted by molar-refractivity contribution is -0.138. The number of benzene rings is 3. The van der Waals surface area contributed by atoms with E-state index in [4.69, 9.17) is 14.6 Å². The summed E-state index contributed by atoms with van der Waals surface area (Å²) in [5.41, 5.74) is 0.275. The zero-order chi connectivity index (χ0) is 26.3. The van der Waals surface area contributed by atoms with Crippen LogP contribution in [0, 0.1) is 0 Å². The fourth-order valence-corrected chi connectivity index (χ4v) is 3.64. The van der Waals surface area contributed by atoms with E-state index in [1.165, 1.54) is 30.2 Å². The van der Waals surface area contributed by atoms with Crippen LogP contribution >= 0.6 is 0 Å². The molecule has 1 atom stereocenters. The average molecular weight is 502 g/mol. The van der Waals surface area contributed by atoms with Crippen molar-refractivity contribution in [1.82, 2.24) is 4.90 Å². The first kappa shape index (κ1) is 26.7. The predicted octanol–water partition coefficient (Wildman–Crippen LogP) is 5.47. The van der Waals surface area contributed by atoms with Gasteiger partial charge in [0.05, 0.1) is 19.2 Å². The number of nitrogens with zero attached hydrogens (tertiary/aromatic N) is 1. The Kier molecular flexibility index (Phi) is 8.71. The molecule has 3 aromatic rings. The molecule has 0 saturated carbocycles. The molecule has 0 radical (unpaired) electrons. The number of hydrogen-bond acceptors (Lipinski definition) is 5. The summed E-state index contributed by atoms with van der Waals surface area (Å²) in [6, 6.07) is 17.9. The Morgan fingerprint density at radius 2 is 1.64 bits per heavy atom. The third kappa shape index (κ3) is 7.32. The first-order chi connectivity index (χ1) is 17.1. The number of carbonyl (C=O) groups is 2. The lowest BCUT2D eigenvalue weighted by Gasteiger charge is -2.23. The van der Waals surface area contributed by atoms with Gasteiger partial charge in [-0.15, -0.1) is 0 Å². The summed E-state index contributed by atoms with van der Waals surface area (Å²) in [5, 5.41) is 9.00. The van der Waals surface area contributed by atoms with E-state index < -0.39 is 23.8 Å². The second-order valence-electron chi connectivity index (χ2n) is 8.24. The molecule has 0 aliphatic rings. The summed E-state index contributed by atoms with van der Waals surface area (Å²) < 4.78 is 51.1. The summed E-state index contributed by atoms with van der Waals surface area (Å²) in [4.78, 5) is 25.5.